The summed E-state index contributed by atoms with van der Waals surface area (Å²) in [6, 6.07) is 3.07. The van der Waals surface area contributed by atoms with Gasteiger partial charge in [0.2, 0.25) is 10.0 Å². The van der Waals surface area contributed by atoms with Crippen LogP contribution < -0.4 is 4.72 Å². The summed E-state index contributed by atoms with van der Waals surface area (Å²) in [6.07, 6.45) is 0. The topological polar surface area (TPSA) is 89.3 Å². The second-order valence-corrected chi connectivity index (χ2v) is 5.82. The van der Waals surface area contributed by atoms with Crippen molar-refractivity contribution in [2.45, 2.75) is 12.8 Å². The van der Waals surface area contributed by atoms with Crippen molar-refractivity contribution in [1.29, 1.82) is 0 Å². The maximum absolute atomic E-state index is 13.5. The number of nitrogens with zero attached hydrogens (tertiary/aromatic N) is 1. The highest BCUT2D eigenvalue weighted by Gasteiger charge is 2.20. The molecule has 100 valence electrons. The van der Waals surface area contributed by atoms with E-state index in [0.29, 0.717) is 0 Å². The number of hydrogen-bond acceptors (Lipinski definition) is 4. The van der Waals surface area contributed by atoms with E-state index in [1.807, 2.05) is 0 Å². The van der Waals surface area contributed by atoms with E-state index in [2.05, 4.69) is 4.72 Å². The van der Waals surface area contributed by atoms with Crippen molar-refractivity contribution in [3.63, 3.8) is 0 Å². The van der Waals surface area contributed by atoms with E-state index < -0.39 is 26.7 Å². The Morgan fingerprint density at radius 2 is 2.11 bits per heavy atom. The predicted octanol–water partition coefficient (Wildman–Crippen LogP) is 1.39. The van der Waals surface area contributed by atoms with Gasteiger partial charge < -0.3 is 0 Å². The van der Waals surface area contributed by atoms with Gasteiger partial charge in [-0.15, -0.1) is 0 Å². The minimum absolute atomic E-state index is 0.0167. The smallest absolute Gasteiger partial charge is 0.258 e. The summed E-state index contributed by atoms with van der Waals surface area (Å²) < 4.78 is 38.3. The second kappa shape index (κ2) is 5.40. The molecule has 0 aliphatic carbocycles. The van der Waals surface area contributed by atoms with Crippen LogP contribution in [-0.4, -0.2) is 26.1 Å². The van der Waals surface area contributed by atoms with Crippen LogP contribution in [0.25, 0.3) is 0 Å². The van der Waals surface area contributed by atoms with E-state index >= 15 is 0 Å². The molecular formula is C10H13FN2O4S. The predicted molar refractivity (Wildman–Crippen MR) is 64.3 cm³/mol. The van der Waals surface area contributed by atoms with Crippen molar-refractivity contribution in [2.24, 2.45) is 0 Å². The molecule has 0 aliphatic rings. The lowest BCUT2D eigenvalue weighted by Gasteiger charge is -2.12. The number of non-ortho nitro benzene ring substituents is 1. The monoisotopic (exact) mass is 276 g/mol. The van der Waals surface area contributed by atoms with Crippen molar-refractivity contribution in [3.05, 3.63) is 39.7 Å². The van der Waals surface area contributed by atoms with Gasteiger partial charge in [-0.2, -0.15) is 0 Å². The first-order chi connectivity index (χ1) is 8.26. The Morgan fingerprint density at radius 1 is 1.50 bits per heavy atom. The molecule has 1 aromatic rings. The first-order valence-electron chi connectivity index (χ1n) is 5.12. The molecule has 0 unspecified atom stereocenters. The summed E-state index contributed by atoms with van der Waals surface area (Å²) >= 11 is 0. The molecule has 1 N–H and O–H groups in total. The summed E-state index contributed by atoms with van der Waals surface area (Å²) in [5, 5.41) is 10.6. The van der Waals surface area contributed by atoms with Gasteiger partial charge in [-0.1, -0.05) is 6.92 Å². The van der Waals surface area contributed by atoms with E-state index in [0.717, 1.165) is 18.2 Å². The number of hydrogen-bond donors (Lipinski definition) is 1. The first kappa shape index (κ1) is 14.5. The summed E-state index contributed by atoms with van der Waals surface area (Å²) in [7, 11) is -2.25. The Balaban J connectivity index is 3.09. The van der Waals surface area contributed by atoms with E-state index in [9.17, 15) is 22.9 Å². The average molecular weight is 276 g/mol. The number of nitro groups is 1. The number of benzene rings is 1. The first-order valence-corrected chi connectivity index (χ1v) is 6.77. The molecule has 0 saturated carbocycles. The van der Waals surface area contributed by atoms with Gasteiger partial charge in [0.15, 0.2) is 0 Å². The molecule has 6 nitrogen and oxygen atoms in total. The summed E-state index contributed by atoms with van der Waals surface area (Å²) in [5.41, 5.74) is -0.247. The number of sulfonamides is 1. The second-order valence-electron chi connectivity index (χ2n) is 3.85. The maximum atomic E-state index is 13.5. The van der Waals surface area contributed by atoms with Crippen molar-refractivity contribution < 1.29 is 17.7 Å². The number of nitro benzene ring substituents is 1. The fourth-order valence-electron chi connectivity index (χ4n) is 1.52. The average Bonchev–Trinajstić information content (AvgIpc) is 2.28. The summed E-state index contributed by atoms with van der Waals surface area (Å²) in [4.78, 5) is 9.93. The Hall–Kier alpha value is -1.54. The zero-order valence-electron chi connectivity index (χ0n) is 9.88. The minimum atomic E-state index is -3.50. The zero-order valence-corrected chi connectivity index (χ0v) is 10.7. The molecule has 1 atom stereocenters. The lowest BCUT2D eigenvalue weighted by atomic mass is 10.0. The van der Waals surface area contributed by atoms with Gasteiger partial charge in [-0.05, 0) is 24.6 Å². The van der Waals surface area contributed by atoms with Gasteiger partial charge in [-0.25, -0.2) is 17.5 Å². The molecule has 0 aromatic heterocycles. The molecular weight excluding hydrogens is 263 g/mol. The van der Waals surface area contributed by atoms with Gasteiger partial charge >= 0.3 is 0 Å². The molecule has 0 radical (unpaired) electrons. The molecule has 0 amide bonds. The highest BCUT2D eigenvalue weighted by molar-refractivity contribution is 7.89. The lowest BCUT2D eigenvalue weighted by Crippen LogP contribution is -2.25. The third kappa shape index (κ3) is 3.47. The molecule has 1 rings (SSSR count). The molecule has 0 spiro atoms. The molecule has 8 heteroatoms. The molecule has 0 heterocycles. The summed E-state index contributed by atoms with van der Waals surface area (Å²) in [6.45, 7) is 1.50. The van der Waals surface area contributed by atoms with Gasteiger partial charge in [-0.3, -0.25) is 10.1 Å². The maximum Gasteiger partial charge on any atom is 0.269 e. The van der Waals surface area contributed by atoms with Gasteiger partial charge in [0.05, 0.1) is 10.7 Å². The van der Waals surface area contributed by atoms with E-state index in [1.54, 1.807) is 0 Å². The summed E-state index contributed by atoms with van der Waals surface area (Å²) in [5.74, 6) is -1.66. The van der Waals surface area contributed by atoms with Gasteiger partial charge in [0, 0.05) is 12.1 Å². The zero-order chi connectivity index (χ0) is 13.9. The Labute approximate surface area is 104 Å². The Bertz CT molecular complexity index is 559. The number of halogens is 1. The highest BCUT2D eigenvalue weighted by atomic mass is 32.2. The highest BCUT2D eigenvalue weighted by Crippen LogP contribution is 2.24. The van der Waals surface area contributed by atoms with Crippen LogP contribution in [0.3, 0.4) is 0 Å². The minimum Gasteiger partial charge on any atom is -0.258 e. The molecule has 0 fully saturated rings. The van der Waals surface area contributed by atoms with Crippen LogP contribution in [0.15, 0.2) is 18.2 Å². The SMILES string of the molecule is CNS(=O)(=O)C[C@@H](C)c1cc([N+](=O)[O-])ccc1F. The van der Waals surface area contributed by atoms with Gasteiger partial charge in [0.25, 0.3) is 5.69 Å². The van der Waals surface area contributed by atoms with Crippen molar-refractivity contribution in [2.75, 3.05) is 12.8 Å². The fourth-order valence-corrected chi connectivity index (χ4v) is 2.53. The Morgan fingerprint density at radius 3 is 2.61 bits per heavy atom. The van der Waals surface area contributed by atoms with Crippen LogP contribution in [0.5, 0.6) is 0 Å². The van der Waals surface area contributed by atoms with Crippen LogP contribution in [-0.2, 0) is 10.0 Å². The van der Waals surface area contributed by atoms with Gasteiger partial charge in [0.1, 0.15) is 5.82 Å². The molecule has 0 bridgehead atoms. The van der Waals surface area contributed by atoms with Crippen LogP contribution in [0.1, 0.15) is 18.4 Å². The standard InChI is InChI=1S/C10H13FN2O4S/c1-7(6-18(16,17)12-2)9-5-8(13(14)15)3-4-10(9)11/h3-5,7,12H,6H2,1-2H3/t7-/m1/s1. The molecule has 0 saturated heterocycles. The molecule has 18 heavy (non-hydrogen) atoms. The quantitative estimate of drug-likeness (QED) is 0.650. The fraction of sp³-hybridized carbons (Fsp3) is 0.400. The number of rotatable bonds is 5. The van der Waals surface area contributed by atoms with Crippen LogP contribution in [0.4, 0.5) is 10.1 Å². The van der Waals surface area contributed by atoms with E-state index in [-0.39, 0.29) is 17.0 Å². The van der Waals surface area contributed by atoms with Crippen LogP contribution in [0.2, 0.25) is 0 Å². The number of nitrogens with one attached hydrogen (secondary N) is 1. The molecule has 0 aliphatic heterocycles. The molecule has 1 aromatic carbocycles. The Kier molecular flexibility index (Phi) is 4.36. The van der Waals surface area contributed by atoms with Crippen LogP contribution >= 0.6 is 0 Å². The van der Waals surface area contributed by atoms with E-state index in [4.69, 9.17) is 0 Å². The third-order valence-corrected chi connectivity index (χ3v) is 4.06. The third-order valence-electron chi connectivity index (χ3n) is 2.50. The largest absolute Gasteiger partial charge is 0.269 e. The van der Waals surface area contributed by atoms with Crippen molar-refractivity contribution >= 4 is 15.7 Å². The normalized spacial score (nSPS) is 13.3. The van der Waals surface area contributed by atoms with Crippen molar-refractivity contribution in [1.82, 2.24) is 4.72 Å². The van der Waals surface area contributed by atoms with E-state index in [1.165, 1.54) is 14.0 Å². The van der Waals surface area contributed by atoms with Crippen molar-refractivity contribution in [3.8, 4) is 0 Å². The lowest BCUT2D eigenvalue weighted by molar-refractivity contribution is -0.385. The van der Waals surface area contributed by atoms with Crippen LogP contribution in [0, 0.1) is 15.9 Å².